The summed E-state index contributed by atoms with van der Waals surface area (Å²) in [6, 6.07) is 6.64. The molecule has 2 aliphatic rings. The average molecular weight is 462 g/mol. The van der Waals surface area contributed by atoms with Gasteiger partial charge in [0.25, 0.3) is 0 Å². The summed E-state index contributed by atoms with van der Waals surface area (Å²) >= 11 is 6.39. The number of anilines is 1. The lowest BCUT2D eigenvalue weighted by Crippen LogP contribution is -2.42. The smallest absolute Gasteiger partial charge is 0.211 e. The molecule has 3 aromatic rings. The summed E-state index contributed by atoms with van der Waals surface area (Å²) in [7, 11) is -1.12. The standard InChI is InChI=1S/C22H28ClN5O2S/c1-15-13-26-9-7-17(16-4-10-27(11-5-16)31(3,29)30)20(26)14-28(15)19-12-21(23)24-22-18(19)6-8-25(22)2/h6-9,12,15-16H,4-5,10-11,13-14H2,1-3H3/t15-/m1/s1. The Balaban J connectivity index is 1.46. The SMILES string of the molecule is C[C@@H]1Cn2ccc(C3CCN(S(C)(=O)=O)CC3)c2CN1c1cc(Cl)nc2c1ccn2C. The zero-order valence-electron chi connectivity index (χ0n) is 18.1. The highest BCUT2D eigenvalue weighted by atomic mass is 35.5. The van der Waals surface area contributed by atoms with Crippen LogP contribution in [0, 0.1) is 0 Å². The second kappa shape index (κ2) is 7.53. The molecule has 1 saturated heterocycles. The first-order valence-corrected chi connectivity index (χ1v) is 13.0. The second-order valence-corrected chi connectivity index (χ2v) is 11.3. The van der Waals surface area contributed by atoms with E-state index in [1.54, 1.807) is 4.31 Å². The van der Waals surface area contributed by atoms with Gasteiger partial charge < -0.3 is 14.0 Å². The lowest BCUT2D eigenvalue weighted by molar-refractivity contribution is 0.319. The molecule has 0 spiro atoms. The molecule has 166 valence electrons. The van der Waals surface area contributed by atoms with E-state index < -0.39 is 10.0 Å². The summed E-state index contributed by atoms with van der Waals surface area (Å²) in [5.74, 6) is 0.391. The van der Waals surface area contributed by atoms with Crippen LogP contribution in [0.1, 0.15) is 36.9 Å². The molecular weight excluding hydrogens is 434 g/mol. The Labute approximate surface area is 188 Å². The van der Waals surface area contributed by atoms with Crippen LogP contribution in [-0.2, 0) is 30.2 Å². The molecule has 0 aliphatic carbocycles. The van der Waals surface area contributed by atoms with Gasteiger partial charge in [-0.2, -0.15) is 0 Å². The van der Waals surface area contributed by atoms with E-state index in [4.69, 9.17) is 11.6 Å². The van der Waals surface area contributed by atoms with Gasteiger partial charge in [-0.05, 0) is 49.4 Å². The monoisotopic (exact) mass is 461 g/mol. The van der Waals surface area contributed by atoms with Crippen molar-refractivity contribution in [3.8, 4) is 0 Å². The highest BCUT2D eigenvalue weighted by molar-refractivity contribution is 7.88. The molecule has 31 heavy (non-hydrogen) atoms. The van der Waals surface area contributed by atoms with E-state index >= 15 is 0 Å². The van der Waals surface area contributed by atoms with Crippen LogP contribution in [0.2, 0.25) is 5.15 Å². The van der Waals surface area contributed by atoms with E-state index in [1.165, 1.54) is 17.5 Å². The van der Waals surface area contributed by atoms with Crippen LogP contribution in [0.15, 0.2) is 30.6 Å². The average Bonchev–Trinajstić information content (AvgIpc) is 3.30. The Bertz CT molecular complexity index is 1240. The minimum absolute atomic E-state index is 0.321. The first-order chi connectivity index (χ1) is 14.7. The summed E-state index contributed by atoms with van der Waals surface area (Å²) in [6.45, 7) is 5.15. The topological polar surface area (TPSA) is 63.4 Å². The van der Waals surface area contributed by atoms with Gasteiger partial charge in [-0.25, -0.2) is 17.7 Å². The molecular formula is C22H28ClN5O2S. The van der Waals surface area contributed by atoms with Gasteiger partial charge in [-0.15, -0.1) is 0 Å². The van der Waals surface area contributed by atoms with Gasteiger partial charge in [0, 0.05) is 56.2 Å². The summed E-state index contributed by atoms with van der Waals surface area (Å²) in [5.41, 5.74) is 4.69. The van der Waals surface area contributed by atoms with Crippen molar-refractivity contribution < 1.29 is 8.42 Å². The van der Waals surface area contributed by atoms with E-state index in [0.29, 0.717) is 30.2 Å². The van der Waals surface area contributed by atoms with E-state index in [2.05, 4.69) is 39.7 Å². The third-order valence-corrected chi connectivity index (χ3v) is 8.38. The first kappa shape index (κ1) is 20.8. The Morgan fingerprint density at radius 3 is 2.61 bits per heavy atom. The van der Waals surface area contributed by atoms with Gasteiger partial charge in [0.1, 0.15) is 10.8 Å². The fraction of sp³-hybridized carbons (Fsp3) is 0.500. The first-order valence-electron chi connectivity index (χ1n) is 10.7. The predicted molar refractivity (Wildman–Crippen MR) is 124 cm³/mol. The number of sulfonamides is 1. The molecule has 9 heteroatoms. The molecule has 0 amide bonds. The number of rotatable bonds is 3. The van der Waals surface area contributed by atoms with E-state index in [0.717, 1.165) is 42.7 Å². The quantitative estimate of drug-likeness (QED) is 0.559. The predicted octanol–water partition coefficient (Wildman–Crippen LogP) is 3.58. The van der Waals surface area contributed by atoms with Gasteiger partial charge in [0.2, 0.25) is 10.0 Å². The molecule has 2 aliphatic heterocycles. The fourth-order valence-corrected chi connectivity index (χ4v) is 6.25. The molecule has 5 rings (SSSR count). The number of pyridine rings is 1. The minimum atomic E-state index is -3.11. The van der Waals surface area contributed by atoms with Crippen molar-refractivity contribution in [2.75, 3.05) is 24.2 Å². The molecule has 1 atom stereocenters. The number of fused-ring (bicyclic) bond motifs is 2. The summed E-state index contributed by atoms with van der Waals surface area (Å²) in [4.78, 5) is 6.94. The maximum atomic E-state index is 11.9. The number of aromatic nitrogens is 3. The maximum absolute atomic E-state index is 11.9. The molecule has 0 radical (unpaired) electrons. The molecule has 0 aromatic carbocycles. The Hall–Kier alpha value is -2.03. The molecule has 0 N–H and O–H groups in total. The van der Waals surface area contributed by atoms with Crippen molar-refractivity contribution in [3.63, 3.8) is 0 Å². The second-order valence-electron chi connectivity index (χ2n) is 8.91. The van der Waals surface area contributed by atoms with Gasteiger partial charge in [0.15, 0.2) is 0 Å². The Morgan fingerprint density at radius 2 is 1.90 bits per heavy atom. The molecule has 0 bridgehead atoms. The number of hydrogen-bond acceptors (Lipinski definition) is 4. The van der Waals surface area contributed by atoms with Gasteiger partial charge in [-0.3, -0.25) is 0 Å². The lowest BCUT2D eigenvalue weighted by atomic mass is 9.89. The number of piperidine rings is 1. The summed E-state index contributed by atoms with van der Waals surface area (Å²) in [6.07, 6.45) is 7.25. The minimum Gasteiger partial charge on any atom is -0.361 e. The largest absolute Gasteiger partial charge is 0.361 e. The molecule has 3 aromatic heterocycles. The zero-order valence-corrected chi connectivity index (χ0v) is 19.7. The third kappa shape index (κ3) is 3.64. The van der Waals surface area contributed by atoms with Crippen molar-refractivity contribution in [2.45, 2.75) is 44.8 Å². The highest BCUT2D eigenvalue weighted by Crippen LogP contribution is 2.38. The van der Waals surface area contributed by atoms with Crippen LogP contribution in [0.5, 0.6) is 0 Å². The van der Waals surface area contributed by atoms with Crippen molar-refractivity contribution >= 4 is 38.3 Å². The Morgan fingerprint density at radius 1 is 1.16 bits per heavy atom. The Kier molecular flexibility index (Phi) is 5.07. The van der Waals surface area contributed by atoms with Crippen molar-refractivity contribution in [3.05, 3.63) is 47.0 Å². The molecule has 0 unspecified atom stereocenters. The molecule has 5 heterocycles. The summed E-state index contributed by atoms with van der Waals surface area (Å²) < 4.78 is 29.7. The van der Waals surface area contributed by atoms with Crippen molar-refractivity contribution in [1.82, 2.24) is 18.4 Å². The van der Waals surface area contributed by atoms with Crippen LogP contribution in [0.4, 0.5) is 5.69 Å². The van der Waals surface area contributed by atoms with Crippen LogP contribution >= 0.6 is 11.6 Å². The van der Waals surface area contributed by atoms with Gasteiger partial charge >= 0.3 is 0 Å². The maximum Gasteiger partial charge on any atom is 0.211 e. The van der Waals surface area contributed by atoms with E-state index in [1.807, 2.05) is 23.9 Å². The molecule has 0 saturated carbocycles. The number of aryl methyl sites for hydroxylation is 1. The lowest BCUT2D eigenvalue weighted by Gasteiger charge is -2.38. The number of nitrogens with zero attached hydrogens (tertiary/aromatic N) is 5. The molecule has 7 nitrogen and oxygen atoms in total. The van der Waals surface area contributed by atoms with Gasteiger partial charge in [-0.1, -0.05) is 11.6 Å². The van der Waals surface area contributed by atoms with E-state index in [-0.39, 0.29) is 0 Å². The van der Waals surface area contributed by atoms with E-state index in [9.17, 15) is 8.42 Å². The van der Waals surface area contributed by atoms with Crippen LogP contribution in [-0.4, -0.2) is 52.2 Å². The number of hydrogen-bond donors (Lipinski definition) is 0. The zero-order chi connectivity index (χ0) is 21.9. The normalized spacial score (nSPS) is 21.0. The highest BCUT2D eigenvalue weighted by Gasteiger charge is 2.32. The van der Waals surface area contributed by atoms with Gasteiger partial charge in [0.05, 0.1) is 18.5 Å². The van der Waals surface area contributed by atoms with Crippen LogP contribution in [0.3, 0.4) is 0 Å². The van der Waals surface area contributed by atoms with Crippen LogP contribution < -0.4 is 4.90 Å². The fourth-order valence-electron chi connectivity index (χ4n) is 5.19. The molecule has 1 fully saturated rings. The number of halogens is 1. The van der Waals surface area contributed by atoms with Crippen molar-refractivity contribution in [2.24, 2.45) is 7.05 Å². The van der Waals surface area contributed by atoms with Crippen molar-refractivity contribution in [1.29, 1.82) is 0 Å². The van der Waals surface area contributed by atoms with Crippen LogP contribution in [0.25, 0.3) is 11.0 Å². The third-order valence-electron chi connectivity index (χ3n) is 6.88. The summed E-state index contributed by atoms with van der Waals surface area (Å²) in [5, 5.41) is 1.62.